The average Bonchev–Trinajstić information content (AvgIpc) is 3.03. The van der Waals surface area contributed by atoms with Gasteiger partial charge in [-0.25, -0.2) is 4.98 Å². The van der Waals surface area contributed by atoms with E-state index in [1.165, 1.54) is 37.1 Å². The zero-order valence-corrected chi connectivity index (χ0v) is 13.2. The van der Waals surface area contributed by atoms with Crippen LogP contribution in [0.1, 0.15) is 48.7 Å². The van der Waals surface area contributed by atoms with Gasteiger partial charge in [0.1, 0.15) is 18.1 Å². The van der Waals surface area contributed by atoms with Gasteiger partial charge < -0.3 is 9.47 Å². The third kappa shape index (κ3) is 3.76. The van der Waals surface area contributed by atoms with Crippen molar-refractivity contribution in [3.8, 4) is 11.5 Å². The van der Waals surface area contributed by atoms with E-state index in [0.29, 0.717) is 12.5 Å². The third-order valence-corrected chi connectivity index (χ3v) is 5.01. The summed E-state index contributed by atoms with van der Waals surface area (Å²) in [7, 11) is 1.66. The Morgan fingerprint density at radius 2 is 2.00 bits per heavy atom. The number of hydrogen-bond acceptors (Lipinski definition) is 4. The van der Waals surface area contributed by atoms with Gasteiger partial charge in [-0.3, -0.25) is 0 Å². The molecule has 0 atom stereocenters. The molecule has 3 nitrogen and oxygen atoms in total. The minimum Gasteiger partial charge on any atom is -0.497 e. The highest BCUT2D eigenvalue weighted by molar-refractivity contribution is 7.09. The molecule has 1 heterocycles. The molecule has 0 saturated heterocycles. The fourth-order valence-corrected chi connectivity index (χ4v) is 3.75. The van der Waals surface area contributed by atoms with Crippen molar-refractivity contribution in [2.45, 2.75) is 44.6 Å². The molecular weight excluding hydrogens is 282 g/mol. The first-order valence-corrected chi connectivity index (χ1v) is 8.44. The smallest absolute Gasteiger partial charge is 0.131 e. The zero-order chi connectivity index (χ0) is 14.5. The van der Waals surface area contributed by atoms with E-state index >= 15 is 0 Å². The zero-order valence-electron chi connectivity index (χ0n) is 12.4. The maximum Gasteiger partial charge on any atom is 0.131 e. The van der Waals surface area contributed by atoms with Crippen molar-refractivity contribution in [2.75, 3.05) is 7.11 Å². The topological polar surface area (TPSA) is 31.4 Å². The lowest BCUT2D eigenvalue weighted by Crippen LogP contribution is -2.04. The van der Waals surface area contributed by atoms with E-state index in [1.54, 1.807) is 18.4 Å². The Kier molecular flexibility index (Phi) is 4.76. The number of nitrogens with zero attached hydrogens (tertiary/aromatic N) is 1. The van der Waals surface area contributed by atoms with Crippen LogP contribution in [0.25, 0.3) is 0 Å². The molecule has 0 bridgehead atoms. The molecule has 21 heavy (non-hydrogen) atoms. The van der Waals surface area contributed by atoms with E-state index in [2.05, 4.69) is 5.38 Å². The summed E-state index contributed by atoms with van der Waals surface area (Å²) >= 11 is 1.78. The maximum atomic E-state index is 5.80. The lowest BCUT2D eigenvalue weighted by molar-refractivity contribution is 0.299. The van der Waals surface area contributed by atoms with Gasteiger partial charge in [0, 0.05) is 17.4 Å². The highest BCUT2D eigenvalue weighted by atomic mass is 32.1. The molecule has 4 heteroatoms. The summed E-state index contributed by atoms with van der Waals surface area (Å²) < 4.78 is 11.0. The first-order chi connectivity index (χ1) is 10.3. The lowest BCUT2D eigenvalue weighted by atomic mass is 9.90. The van der Waals surface area contributed by atoms with Gasteiger partial charge >= 0.3 is 0 Å². The fraction of sp³-hybridized carbons (Fsp3) is 0.471. The fourth-order valence-electron chi connectivity index (χ4n) is 2.77. The molecule has 1 saturated carbocycles. The van der Waals surface area contributed by atoms with Gasteiger partial charge in [0.15, 0.2) is 0 Å². The van der Waals surface area contributed by atoms with Gasteiger partial charge in [-0.15, -0.1) is 11.3 Å². The monoisotopic (exact) mass is 303 g/mol. The van der Waals surface area contributed by atoms with Crippen LogP contribution in [0.3, 0.4) is 0 Å². The molecule has 0 aliphatic heterocycles. The van der Waals surface area contributed by atoms with Gasteiger partial charge in [0.05, 0.1) is 17.8 Å². The molecule has 0 radical (unpaired) electrons. The van der Waals surface area contributed by atoms with E-state index < -0.39 is 0 Å². The van der Waals surface area contributed by atoms with Crippen LogP contribution in [-0.4, -0.2) is 12.1 Å². The third-order valence-electron chi connectivity index (χ3n) is 3.95. The maximum absolute atomic E-state index is 5.80. The Hall–Kier alpha value is -1.55. The summed E-state index contributed by atoms with van der Waals surface area (Å²) in [5.74, 6) is 2.31. The predicted octanol–water partition coefficient (Wildman–Crippen LogP) is 4.78. The summed E-state index contributed by atoms with van der Waals surface area (Å²) in [6, 6.07) is 7.69. The van der Waals surface area contributed by atoms with E-state index in [4.69, 9.17) is 14.5 Å². The summed E-state index contributed by atoms with van der Waals surface area (Å²) in [4.78, 5) is 4.75. The Balaban J connectivity index is 1.59. The van der Waals surface area contributed by atoms with Gasteiger partial charge in [-0.2, -0.15) is 0 Å². The molecule has 1 aliphatic carbocycles. The first-order valence-electron chi connectivity index (χ1n) is 7.56. The Bertz CT molecular complexity index is 576. The number of rotatable bonds is 5. The van der Waals surface area contributed by atoms with Crippen molar-refractivity contribution in [3.05, 3.63) is 40.3 Å². The molecule has 1 aromatic carbocycles. The van der Waals surface area contributed by atoms with Gasteiger partial charge in [-0.1, -0.05) is 25.3 Å². The Morgan fingerprint density at radius 3 is 2.81 bits per heavy atom. The summed E-state index contributed by atoms with van der Waals surface area (Å²) in [5, 5.41) is 3.42. The van der Waals surface area contributed by atoms with Crippen LogP contribution in [0, 0.1) is 0 Å². The van der Waals surface area contributed by atoms with Crippen LogP contribution >= 0.6 is 11.3 Å². The van der Waals surface area contributed by atoms with Crippen LogP contribution < -0.4 is 9.47 Å². The van der Waals surface area contributed by atoms with Gasteiger partial charge in [-0.05, 0) is 25.0 Å². The molecule has 0 N–H and O–H groups in total. The Morgan fingerprint density at radius 1 is 1.19 bits per heavy atom. The molecule has 1 aromatic heterocycles. The van der Waals surface area contributed by atoms with E-state index in [9.17, 15) is 0 Å². The number of thiazole rings is 1. The van der Waals surface area contributed by atoms with Crippen LogP contribution in [-0.2, 0) is 6.61 Å². The summed E-state index contributed by atoms with van der Waals surface area (Å²) in [5.41, 5.74) is 1.03. The van der Waals surface area contributed by atoms with Crippen LogP contribution in [0.2, 0.25) is 0 Å². The van der Waals surface area contributed by atoms with Crippen molar-refractivity contribution in [3.63, 3.8) is 0 Å². The minimum atomic E-state index is 0.524. The highest BCUT2D eigenvalue weighted by Gasteiger charge is 2.18. The lowest BCUT2D eigenvalue weighted by Gasteiger charge is -2.18. The molecular formula is C17H21NO2S. The molecule has 112 valence electrons. The van der Waals surface area contributed by atoms with Crippen molar-refractivity contribution < 1.29 is 9.47 Å². The first kappa shape index (κ1) is 14.4. The number of ether oxygens (including phenoxy) is 2. The number of hydrogen-bond donors (Lipinski definition) is 0. The number of methoxy groups -OCH3 is 1. The minimum absolute atomic E-state index is 0.524. The Labute approximate surface area is 129 Å². The highest BCUT2D eigenvalue weighted by Crippen LogP contribution is 2.34. The second kappa shape index (κ2) is 6.94. The standard InChI is InChI=1S/C17H21NO2S/c1-19-15-8-5-9-16(10-15)20-11-14-12-21-17(18-14)13-6-3-2-4-7-13/h5,8-10,12-13H,2-4,6-7,11H2,1H3. The van der Waals surface area contributed by atoms with E-state index in [-0.39, 0.29) is 0 Å². The van der Waals surface area contributed by atoms with Crippen LogP contribution in [0.15, 0.2) is 29.6 Å². The molecule has 1 aliphatic rings. The predicted molar refractivity (Wildman–Crippen MR) is 85.3 cm³/mol. The van der Waals surface area contributed by atoms with Gasteiger partial charge in [0.2, 0.25) is 0 Å². The average molecular weight is 303 g/mol. The molecule has 0 amide bonds. The normalized spacial score (nSPS) is 15.9. The van der Waals surface area contributed by atoms with E-state index in [0.717, 1.165) is 17.2 Å². The second-order valence-corrected chi connectivity index (χ2v) is 6.37. The molecule has 0 spiro atoms. The van der Waals surface area contributed by atoms with Crippen molar-refractivity contribution >= 4 is 11.3 Å². The van der Waals surface area contributed by atoms with Crippen molar-refractivity contribution in [1.29, 1.82) is 0 Å². The van der Waals surface area contributed by atoms with Crippen LogP contribution in [0.4, 0.5) is 0 Å². The van der Waals surface area contributed by atoms with Crippen molar-refractivity contribution in [1.82, 2.24) is 4.98 Å². The molecule has 1 fully saturated rings. The SMILES string of the molecule is COc1cccc(OCc2csc(C3CCCCC3)n2)c1. The number of aromatic nitrogens is 1. The molecule has 2 aromatic rings. The molecule has 3 rings (SSSR count). The quantitative estimate of drug-likeness (QED) is 0.796. The largest absolute Gasteiger partial charge is 0.497 e. The van der Waals surface area contributed by atoms with Crippen LogP contribution in [0.5, 0.6) is 11.5 Å². The van der Waals surface area contributed by atoms with Crippen molar-refractivity contribution in [2.24, 2.45) is 0 Å². The number of benzene rings is 1. The van der Waals surface area contributed by atoms with Gasteiger partial charge in [0.25, 0.3) is 0 Å². The molecule has 0 unspecified atom stereocenters. The second-order valence-electron chi connectivity index (χ2n) is 5.48. The summed E-state index contributed by atoms with van der Waals surface area (Å²) in [6.45, 7) is 0.524. The van der Waals surface area contributed by atoms with E-state index in [1.807, 2.05) is 24.3 Å². The summed E-state index contributed by atoms with van der Waals surface area (Å²) in [6.07, 6.45) is 6.67.